The molecule has 1 aliphatic heterocycles. The summed E-state index contributed by atoms with van der Waals surface area (Å²) in [5, 5.41) is 0. The van der Waals surface area contributed by atoms with Gasteiger partial charge in [0.25, 0.3) is 0 Å². The van der Waals surface area contributed by atoms with Crippen molar-refractivity contribution >= 4 is 5.91 Å². The maximum atomic E-state index is 11.6. The SMILES string of the molecule is C=C[C@@H]1[C@@H](CCc2ccccc2)N1C(=O)CC. The van der Waals surface area contributed by atoms with Crippen LogP contribution in [0.4, 0.5) is 0 Å². The van der Waals surface area contributed by atoms with Crippen molar-refractivity contribution in [2.45, 2.75) is 38.3 Å². The van der Waals surface area contributed by atoms with E-state index in [9.17, 15) is 4.79 Å². The van der Waals surface area contributed by atoms with Crippen molar-refractivity contribution in [3.05, 3.63) is 48.6 Å². The number of rotatable bonds is 5. The predicted molar refractivity (Wildman–Crippen MR) is 69.7 cm³/mol. The molecule has 2 atom stereocenters. The van der Waals surface area contributed by atoms with Gasteiger partial charge in [0.2, 0.25) is 5.91 Å². The lowest BCUT2D eigenvalue weighted by molar-refractivity contribution is -0.126. The number of hydrogen-bond acceptors (Lipinski definition) is 1. The van der Waals surface area contributed by atoms with E-state index in [1.54, 1.807) is 0 Å². The van der Waals surface area contributed by atoms with E-state index in [-0.39, 0.29) is 11.9 Å². The van der Waals surface area contributed by atoms with E-state index in [4.69, 9.17) is 0 Å². The number of nitrogens with zero attached hydrogens (tertiary/aromatic N) is 1. The molecule has 1 fully saturated rings. The van der Waals surface area contributed by atoms with Crippen LogP contribution in [0.3, 0.4) is 0 Å². The van der Waals surface area contributed by atoms with Crippen LogP contribution in [0.5, 0.6) is 0 Å². The molecule has 0 aliphatic carbocycles. The van der Waals surface area contributed by atoms with Gasteiger partial charge in [-0.05, 0) is 18.4 Å². The maximum absolute atomic E-state index is 11.6. The van der Waals surface area contributed by atoms with Gasteiger partial charge in [0.15, 0.2) is 0 Å². The first-order valence-corrected chi connectivity index (χ1v) is 6.25. The molecule has 2 rings (SSSR count). The quantitative estimate of drug-likeness (QED) is 0.561. The monoisotopic (exact) mass is 229 g/mol. The Balaban J connectivity index is 1.88. The van der Waals surface area contributed by atoms with Gasteiger partial charge in [-0.15, -0.1) is 6.58 Å². The van der Waals surface area contributed by atoms with Gasteiger partial charge in [0.05, 0.1) is 12.1 Å². The van der Waals surface area contributed by atoms with Crippen LogP contribution in [0, 0.1) is 0 Å². The van der Waals surface area contributed by atoms with Crippen LogP contribution < -0.4 is 0 Å². The Kier molecular flexibility index (Phi) is 3.62. The molecule has 2 heteroatoms. The number of amides is 1. The molecule has 1 heterocycles. The second-order valence-electron chi connectivity index (χ2n) is 4.47. The fourth-order valence-electron chi connectivity index (χ4n) is 2.37. The second-order valence-corrected chi connectivity index (χ2v) is 4.47. The Morgan fingerprint density at radius 2 is 2.12 bits per heavy atom. The molecule has 1 aromatic rings. The predicted octanol–water partition coefficient (Wildman–Crippen LogP) is 2.79. The lowest BCUT2D eigenvalue weighted by Gasteiger charge is -2.02. The van der Waals surface area contributed by atoms with Crippen LogP contribution in [0.1, 0.15) is 25.3 Å². The van der Waals surface area contributed by atoms with Crippen LogP contribution in [-0.2, 0) is 11.2 Å². The summed E-state index contributed by atoms with van der Waals surface area (Å²) < 4.78 is 0. The molecule has 1 aliphatic rings. The average molecular weight is 229 g/mol. The lowest BCUT2D eigenvalue weighted by Crippen LogP contribution is -2.13. The van der Waals surface area contributed by atoms with Gasteiger partial charge in [-0.2, -0.15) is 0 Å². The molecule has 0 spiro atoms. The molecule has 0 bridgehead atoms. The van der Waals surface area contributed by atoms with Crippen LogP contribution in [0.15, 0.2) is 43.0 Å². The van der Waals surface area contributed by atoms with E-state index in [2.05, 4.69) is 30.8 Å². The molecule has 2 nitrogen and oxygen atoms in total. The Morgan fingerprint density at radius 3 is 2.71 bits per heavy atom. The normalized spacial score (nSPS) is 22.3. The van der Waals surface area contributed by atoms with E-state index < -0.39 is 0 Å². The minimum Gasteiger partial charge on any atom is -0.329 e. The lowest BCUT2D eigenvalue weighted by atomic mass is 10.1. The Labute approximate surface area is 103 Å². The van der Waals surface area contributed by atoms with Gasteiger partial charge in [-0.25, -0.2) is 0 Å². The highest BCUT2D eigenvalue weighted by Crippen LogP contribution is 2.33. The summed E-state index contributed by atoms with van der Waals surface area (Å²) in [5.74, 6) is 0.243. The van der Waals surface area contributed by atoms with Crippen molar-refractivity contribution in [2.75, 3.05) is 0 Å². The number of benzene rings is 1. The molecular weight excluding hydrogens is 210 g/mol. The van der Waals surface area contributed by atoms with E-state index in [1.807, 2.05) is 24.0 Å². The largest absolute Gasteiger partial charge is 0.329 e. The van der Waals surface area contributed by atoms with Crippen molar-refractivity contribution in [3.8, 4) is 0 Å². The maximum Gasteiger partial charge on any atom is 0.223 e. The molecule has 0 radical (unpaired) electrons. The van der Waals surface area contributed by atoms with Gasteiger partial charge in [0, 0.05) is 6.42 Å². The zero-order chi connectivity index (χ0) is 12.3. The van der Waals surface area contributed by atoms with E-state index >= 15 is 0 Å². The summed E-state index contributed by atoms with van der Waals surface area (Å²) in [6, 6.07) is 11.1. The minimum absolute atomic E-state index is 0.243. The highest BCUT2D eigenvalue weighted by molar-refractivity contribution is 5.80. The van der Waals surface area contributed by atoms with Gasteiger partial charge in [-0.1, -0.05) is 43.3 Å². The molecule has 17 heavy (non-hydrogen) atoms. The van der Waals surface area contributed by atoms with Crippen molar-refractivity contribution < 1.29 is 4.79 Å². The molecular formula is C15H19NO. The van der Waals surface area contributed by atoms with Crippen molar-refractivity contribution in [1.29, 1.82) is 0 Å². The van der Waals surface area contributed by atoms with Crippen molar-refractivity contribution in [1.82, 2.24) is 4.90 Å². The fraction of sp³-hybridized carbons (Fsp3) is 0.400. The number of carbonyl (C=O) groups is 1. The summed E-state index contributed by atoms with van der Waals surface area (Å²) in [5.41, 5.74) is 1.34. The zero-order valence-corrected chi connectivity index (χ0v) is 10.3. The second kappa shape index (κ2) is 5.17. The summed E-state index contributed by atoms with van der Waals surface area (Å²) in [6.45, 7) is 5.71. The molecule has 1 amide bonds. The molecule has 0 unspecified atom stereocenters. The first-order valence-electron chi connectivity index (χ1n) is 6.25. The van der Waals surface area contributed by atoms with E-state index in [0.29, 0.717) is 12.5 Å². The Morgan fingerprint density at radius 1 is 1.41 bits per heavy atom. The van der Waals surface area contributed by atoms with E-state index in [1.165, 1.54) is 5.56 Å². The van der Waals surface area contributed by atoms with Crippen molar-refractivity contribution in [2.24, 2.45) is 0 Å². The highest BCUT2D eigenvalue weighted by Gasteiger charge is 2.47. The average Bonchev–Trinajstić information content (AvgIpc) is 3.10. The van der Waals surface area contributed by atoms with Gasteiger partial charge < -0.3 is 4.90 Å². The van der Waals surface area contributed by atoms with Crippen molar-refractivity contribution in [3.63, 3.8) is 0 Å². The summed E-state index contributed by atoms with van der Waals surface area (Å²) in [4.78, 5) is 13.6. The molecule has 0 aromatic heterocycles. The summed E-state index contributed by atoms with van der Waals surface area (Å²) in [6.07, 6.45) is 4.55. The highest BCUT2D eigenvalue weighted by atomic mass is 16.2. The van der Waals surface area contributed by atoms with E-state index in [0.717, 1.165) is 12.8 Å². The molecule has 0 saturated carbocycles. The molecule has 90 valence electrons. The minimum atomic E-state index is 0.243. The van der Waals surface area contributed by atoms with Crippen LogP contribution in [0.25, 0.3) is 0 Å². The standard InChI is InChI=1S/C15H19NO/c1-3-13-14(16(13)15(17)4-2)11-10-12-8-6-5-7-9-12/h3,5-9,13-14H,1,4,10-11H2,2H3/t13-,14-,16?/m1/s1. The fourth-order valence-corrected chi connectivity index (χ4v) is 2.37. The van der Waals surface area contributed by atoms with Crippen LogP contribution in [-0.4, -0.2) is 22.9 Å². The third kappa shape index (κ3) is 2.57. The van der Waals surface area contributed by atoms with Gasteiger partial charge in [-0.3, -0.25) is 4.79 Å². The molecule has 1 aromatic carbocycles. The summed E-state index contributed by atoms with van der Waals surface area (Å²) >= 11 is 0. The molecule has 1 saturated heterocycles. The van der Waals surface area contributed by atoms with Crippen LogP contribution in [0.2, 0.25) is 0 Å². The zero-order valence-electron chi connectivity index (χ0n) is 10.3. The first kappa shape index (κ1) is 11.9. The Bertz CT molecular complexity index is 399. The van der Waals surface area contributed by atoms with Gasteiger partial charge >= 0.3 is 0 Å². The smallest absolute Gasteiger partial charge is 0.223 e. The topological polar surface area (TPSA) is 20.1 Å². The number of hydrogen-bond donors (Lipinski definition) is 0. The van der Waals surface area contributed by atoms with Gasteiger partial charge in [0.1, 0.15) is 0 Å². The number of carbonyl (C=O) groups excluding carboxylic acids is 1. The third-order valence-corrected chi connectivity index (χ3v) is 3.39. The van der Waals surface area contributed by atoms with Crippen LogP contribution >= 0.6 is 0 Å². The molecule has 0 N–H and O–H groups in total. The summed E-state index contributed by atoms with van der Waals surface area (Å²) in [7, 11) is 0. The Hall–Kier alpha value is -1.57. The third-order valence-electron chi connectivity index (χ3n) is 3.39. The number of aryl methyl sites for hydroxylation is 1. The first-order chi connectivity index (χ1) is 8.27.